The Morgan fingerprint density at radius 2 is 1.90 bits per heavy atom. The molecule has 0 bridgehead atoms. The van der Waals surface area contributed by atoms with E-state index in [9.17, 15) is 4.79 Å². The molecule has 3 aromatic rings. The summed E-state index contributed by atoms with van der Waals surface area (Å²) in [4.78, 5) is 19.1. The van der Waals surface area contributed by atoms with Gasteiger partial charge in [-0.1, -0.05) is 30.3 Å². The number of hydrogen-bond donors (Lipinski definition) is 1. The van der Waals surface area contributed by atoms with Crippen LogP contribution in [-0.4, -0.2) is 49.1 Å². The highest BCUT2D eigenvalue weighted by molar-refractivity contribution is 5.82. The number of piperazine rings is 1. The molecule has 1 N–H and O–H groups in total. The van der Waals surface area contributed by atoms with Gasteiger partial charge in [-0.15, -0.1) is 0 Å². The molecule has 0 radical (unpaired) electrons. The summed E-state index contributed by atoms with van der Waals surface area (Å²) in [6.07, 6.45) is 4.27. The van der Waals surface area contributed by atoms with Crippen molar-refractivity contribution in [2.75, 3.05) is 27.3 Å². The molecule has 31 heavy (non-hydrogen) atoms. The quantitative estimate of drug-likeness (QED) is 0.639. The number of rotatable bonds is 7. The first-order valence-corrected chi connectivity index (χ1v) is 10.4. The fourth-order valence-electron chi connectivity index (χ4n) is 3.99. The minimum Gasteiger partial charge on any atom is -0.497 e. The van der Waals surface area contributed by atoms with Crippen LogP contribution in [0, 0.1) is 0 Å². The van der Waals surface area contributed by atoms with Crippen LogP contribution in [0.1, 0.15) is 11.1 Å². The lowest BCUT2D eigenvalue weighted by atomic mass is 9.98. The van der Waals surface area contributed by atoms with Gasteiger partial charge in [-0.05, 0) is 47.4 Å². The highest BCUT2D eigenvalue weighted by Gasteiger charge is 2.30. The molecule has 160 valence electrons. The second kappa shape index (κ2) is 9.62. The molecule has 0 unspecified atom stereocenters. The number of aromatic nitrogens is 1. The summed E-state index contributed by atoms with van der Waals surface area (Å²) >= 11 is 0. The Labute approximate surface area is 182 Å². The zero-order chi connectivity index (χ0) is 21.6. The van der Waals surface area contributed by atoms with E-state index in [0.717, 1.165) is 40.3 Å². The van der Waals surface area contributed by atoms with Crippen molar-refractivity contribution < 1.29 is 14.3 Å². The average Bonchev–Trinajstić information content (AvgIpc) is 2.82. The van der Waals surface area contributed by atoms with Gasteiger partial charge < -0.3 is 14.8 Å². The van der Waals surface area contributed by atoms with Crippen molar-refractivity contribution in [2.24, 2.45) is 0 Å². The maximum absolute atomic E-state index is 12.7. The molecule has 1 atom stereocenters. The van der Waals surface area contributed by atoms with Gasteiger partial charge in [0.05, 0.1) is 20.3 Å². The number of benzene rings is 2. The molecule has 6 nitrogen and oxygen atoms in total. The molecule has 2 aromatic carbocycles. The summed E-state index contributed by atoms with van der Waals surface area (Å²) < 4.78 is 10.9. The first-order valence-electron chi connectivity index (χ1n) is 10.4. The zero-order valence-electron chi connectivity index (χ0n) is 17.9. The molecule has 1 aromatic heterocycles. The molecule has 0 aliphatic carbocycles. The van der Waals surface area contributed by atoms with Crippen LogP contribution in [0.25, 0.3) is 11.1 Å². The first kappa shape index (κ1) is 20.9. The normalized spacial score (nSPS) is 16.6. The molecule has 6 heteroatoms. The smallest absolute Gasteiger partial charge is 0.237 e. The minimum atomic E-state index is -0.242. The van der Waals surface area contributed by atoms with Crippen LogP contribution in [0.2, 0.25) is 0 Å². The van der Waals surface area contributed by atoms with Crippen LogP contribution in [0.15, 0.2) is 67.0 Å². The fraction of sp³-hybridized carbons (Fsp3) is 0.280. The zero-order valence-corrected chi connectivity index (χ0v) is 17.9. The minimum absolute atomic E-state index is 0.0597. The van der Waals surface area contributed by atoms with Crippen LogP contribution in [0.3, 0.4) is 0 Å². The average molecular weight is 418 g/mol. The number of nitrogens with one attached hydrogen (secondary N) is 1. The monoisotopic (exact) mass is 417 g/mol. The second-order valence-electron chi connectivity index (χ2n) is 7.60. The molecule has 1 fully saturated rings. The molecule has 4 rings (SSSR count). The summed E-state index contributed by atoms with van der Waals surface area (Å²) in [5, 5.41) is 3.01. The SMILES string of the molecule is COc1ccc(OC)c(CN2CCNC(=O)[C@H]2Cc2ccc(-c3cccnc3)cc2)c1. The van der Waals surface area contributed by atoms with Gasteiger partial charge in [0, 0.05) is 37.6 Å². The number of nitrogens with zero attached hydrogens (tertiary/aromatic N) is 2. The Balaban J connectivity index is 1.53. The van der Waals surface area contributed by atoms with E-state index in [0.29, 0.717) is 19.5 Å². The third-order valence-electron chi connectivity index (χ3n) is 5.68. The van der Waals surface area contributed by atoms with Gasteiger partial charge in [0.1, 0.15) is 11.5 Å². The van der Waals surface area contributed by atoms with E-state index in [4.69, 9.17) is 9.47 Å². The largest absolute Gasteiger partial charge is 0.497 e. The molecule has 1 saturated heterocycles. The Kier molecular flexibility index (Phi) is 6.48. The van der Waals surface area contributed by atoms with Crippen LogP contribution in [0.4, 0.5) is 0 Å². The molecule has 1 amide bonds. The lowest BCUT2D eigenvalue weighted by Crippen LogP contribution is -2.55. The number of carbonyl (C=O) groups is 1. The van der Waals surface area contributed by atoms with Gasteiger partial charge in [-0.25, -0.2) is 0 Å². The van der Waals surface area contributed by atoms with E-state index in [1.807, 2.05) is 36.5 Å². The second-order valence-corrected chi connectivity index (χ2v) is 7.60. The summed E-state index contributed by atoms with van der Waals surface area (Å²) in [5.74, 6) is 1.63. The molecule has 1 aliphatic heterocycles. The molecule has 0 spiro atoms. The lowest BCUT2D eigenvalue weighted by molar-refractivity contribution is -0.129. The molecule has 0 saturated carbocycles. The van der Waals surface area contributed by atoms with Gasteiger partial charge in [0.15, 0.2) is 0 Å². The van der Waals surface area contributed by atoms with E-state index in [1.54, 1.807) is 20.4 Å². The predicted octanol–water partition coefficient (Wildman–Crippen LogP) is 3.31. The van der Waals surface area contributed by atoms with Crippen molar-refractivity contribution in [3.8, 4) is 22.6 Å². The third-order valence-corrected chi connectivity index (χ3v) is 5.68. The van der Waals surface area contributed by atoms with Crippen molar-refractivity contribution in [3.63, 3.8) is 0 Å². The Morgan fingerprint density at radius 3 is 2.61 bits per heavy atom. The maximum Gasteiger partial charge on any atom is 0.237 e. The van der Waals surface area contributed by atoms with Crippen molar-refractivity contribution in [1.29, 1.82) is 0 Å². The van der Waals surface area contributed by atoms with Gasteiger partial charge in [-0.2, -0.15) is 0 Å². The van der Waals surface area contributed by atoms with Crippen molar-refractivity contribution >= 4 is 5.91 Å². The predicted molar refractivity (Wildman–Crippen MR) is 120 cm³/mol. The number of pyridine rings is 1. The topological polar surface area (TPSA) is 63.7 Å². The van der Waals surface area contributed by atoms with Crippen LogP contribution in [0.5, 0.6) is 11.5 Å². The maximum atomic E-state index is 12.7. The van der Waals surface area contributed by atoms with E-state index in [2.05, 4.69) is 39.5 Å². The Morgan fingerprint density at radius 1 is 1.06 bits per heavy atom. The third kappa shape index (κ3) is 4.86. The van der Waals surface area contributed by atoms with E-state index in [1.165, 1.54) is 0 Å². The number of hydrogen-bond acceptors (Lipinski definition) is 5. The summed E-state index contributed by atoms with van der Waals surface area (Å²) in [6.45, 7) is 2.04. The van der Waals surface area contributed by atoms with Crippen molar-refractivity contribution in [1.82, 2.24) is 15.2 Å². The first-order chi connectivity index (χ1) is 15.2. The van der Waals surface area contributed by atoms with Gasteiger partial charge in [-0.3, -0.25) is 14.7 Å². The molecular weight excluding hydrogens is 390 g/mol. The Hall–Kier alpha value is -3.38. The van der Waals surface area contributed by atoms with E-state index < -0.39 is 0 Å². The van der Waals surface area contributed by atoms with Gasteiger partial charge in [0.25, 0.3) is 0 Å². The van der Waals surface area contributed by atoms with Crippen molar-refractivity contribution in [2.45, 2.75) is 19.0 Å². The highest BCUT2D eigenvalue weighted by Crippen LogP contribution is 2.27. The summed E-state index contributed by atoms with van der Waals surface area (Å²) in [6, 6.07) is 17.9. The standard InChI is InChI=1S/C25H27N3O3/c1-30-22-9-10-24(31-2)21(15-22)17-28-13-12-27-25(29)23(28)14-18-5-7-19(8-6-18)20-4-3-11-26-16-20/h3-11,15-16,23H,12-14,17H2,1-2H3,(H,27,29)/t23-/m1/s1. The highest BCUT2D eigenvalue weighted by atomic mass is 16.5. The fourth-order valence-corrected chi connectivity index (χ4v) is 3.99. The Bertz CT molecular complexity index is 1020. The van der Waals surface area contributed by atoms with E-state index >= 15 is 0 Å². The van der Waals surface area contributed by atoms with E-state index in [-0.39, 0.29) is 11.9 Å². The summed E-state index contributed by atoms with van der Waals surface area (Å²) in [5.41, 5.74) is 4.32. The number of methoxy groups -OCH3 is 2. The summed E-state index contributed by atoms with van der Waals surface area (Å²) in [7, 11) is 3.31. The van der Waals surface area contributed by atoms with Crippen LogP contribution in [-0.2, 0) is 17.8 Å². The van der Waals surface area contributed by atoms with Crippen LogP contribution >= 0.6 is 0 Å². The van der Waals surface area contributed by atoms with Crippen LogP contribution < -0.4 is 14.8 Å². The lowest BCUT2D eigenvalue weighted by Gasteiger charge is -2.35. The molecule has 2 heterocycles. The van der Waals surface area contributed by atoms with Gasteiger partial charge in [0.2, 0.25) is 5.91 Å². The molecular formula is C25H27N3O3. The number of carbonyl (C=O) groups excluding carboxylic acids is 1. The number of amides is 1. The number of ether oxygens (including phenoxy) is 2. The van der Waals surface area contributed by atoms with Gasteiger partial charge >= 0.3 is 0 Å². The molecule has 1 aliphatic rings. The van der Waals surface area contributed by atoms with Crippen molar-refractivity contribution in [3.05, 3.63) is 78.1 Å².